The summed E-state index contributed by atoms with van der Waals surface area (Å²) >= 11 is 0. The molecule has 2 unspecified atom stereocenters. The van der Waals surface area contributed by atoms with Gasteiger partial charge < -0.3 is 11.1 Å². The van der Waals surface area contributed by atoms with Crippen molar-refractivity contribution >= 4 is 23.2 Å². The number of halogens is 3. The molecule has 0 saturated heterocycles. The first-order valence-electron chi connectivity index (χ1n) is 14.1. The van der Waals surface area contributed by atoms with Crippen LogP contribution in [0, 0.1) is 5.53 Å². The van der Waals surface area contributed by atoms with Crippen molar-refractivity contribution in [3.8, 4) is 0 Å². The van der Waals surface area contributed by atoms with Gasteiger partial charge in [0, 0.05) is 18.2 Å². The van der Waals surface area contributed by atoms with Crippen LogP contribution < -0.4 is 21.3 Å². The highest BCUT2D eigenvalue weighted by atomic mass is 19.4. The van der Waals surface area contributed by atoms with Gasteiger partial charge >= 0.3 is 12.2 Å². The number of anilines is 1. The van der Waals surface area contributed by atoms with Gasteiger partial charge in [-0.25, -0.2) is 10.3 Å². The Bertz CT molecular complexity index is 1470. The van der Waals surface area contributed by atoms with Crippen molar-refractivity contribution in [1.29, 1.82) is 5.53 Å². The van der Waals surface area contributed by atoms with Crippen molar-refractivity contribution in [2.24, 2.45) is 5.11 Å². The van der Waals surface area contributed by atoms with Gasteiger partial charge in [0.25, 0.3) is 11.7 Å². The number of hydrogen-bond donors (Lipinski definition) is 4. The number of alkyl halides is 3. The quantitative estimate of drug-likeness (QED) is 0.161. The molecule has 0 radical (unpaired) electrons. The molecule has 1 aliphatic rings. The van der Waals surface area contributed by atoms with E-state index in [2.05, 4.69) is 27.6 Å². The molecule has 6 N–H and O–H groups in total. The van der Waals surface area contributed by atoms with Crippen LogP contribution in [0.4, 0.5) is 23.7 Å². The first kappa shape index (κ1) is 31.4. The molecule has 0 fully saturated rings. The largest absolute Gasteiger partial charge is 0.416 e. The molecule has 4 rings (SSSR count). The number of amides is 3. The molecule has 2 atom stereocenters. The fourth-order valence-electron chi connectivity index (χ4n) is 4.83. The van der Waals surface area contributed by atoms with Crippen molar-refractivity contribution < 1.29 is 28.5 Å². The zero-order valence-corrected chi connectivity index (χ0v) is 24.2. The molecule has 1 aliphatic carbocycles. The number of nitrogens with zero attached hydrogens (tertiary/aromatic N) is 2. The van der Waals surface area contributed by atoms with E-state index in [1.165, 1.54) is 31.1 Å². The Balaban J connectivity index is 1.56. The Hall–Kier alpha value is -4.51. The molecule has 0 aliphatic heterocycles. The first-order chi connectivity index (χ1) is 20.4. The molecule has 0 heterocycles. The molecule has 3 aromatic rings. The number of hydrogen-bond acceptors (Lipinski definition) is 4. The minimum Gasteiger partial charge on any atom is -0.331 e. The van der Waals surface area contributed by atoms with E-state index in [-0.39, 0.29) is 6.54 Å². The predicted octanol–water partition coefficient (Wildman–Crippen LogP) is 6.82. The van der Waals surface area contributed by atoms with Crippen LogP contribution in [0.5, 0.6) is 0 Å². The number of nitrogens with one attached hydrogen (secondary N) is 3. The van der Waals surface area contributed by atoms with Gasteiger partial charge in [-0.3, -0.25) is 15.0 Å². The van der Waals surface area contributed by atoms with E-state index in [0.717, 1.165) is 42.5 Å². The van der Waals surface area contributed by atoms with Crippen molar-refractivity contribution in [3.63, 3.8) is 0 Å². The number of carbonyl (C=O) groups is 2. The van der Waals surface area contributed by atoms with Gasteiger partial charge in [-0.2, -0.15) is 13.2 Å². The lowest BCUT2D eigenvalue weighted by molar-refractivity contribution is -0.478. The van der Waals surface area contributed by atoms with Crippen LogP contribution in [-0.4, -0.2) is 17.7 Å². The summed E-state index contributed by atoms with van der Waals surface area (Å²) in [6.07, 6.45) is 2.19. The van der Waals surface area contributed by atoms with Crippen LogP contribution in [0.25, 0.3) is 5.57 Å². The summed E-state index contributed by atoms with van der Waals surface area (Å²) < 4.78 is 39.1. The highest BCUT2D eigenvalue weighted by Gasteiger charge is 2.30. The lowest BCUT2D eigenvalue weighted by Gasteiger charge is -2.26. The fraction of sp³-hybridized carbons (Fsp3) is 0.312. The van der Waals surface area contributed by atoms with Crippen LogP contribution in [0.15, 0.2) is 84.0 Å². The number of urea groups is 1. The third-order valence-corrected chi connectivity index (χ3v) is 7.35. The highest BCUT2D eigenvalue weighted by molar-refractivity contribution is 5.95. The second kappa shape index (κ2) is 13.2. The van der Waals surface area contributed by atoms with Crippen molar-refractivity contribution in [2.75, 3.05) is 4.90 Å². The molecule has 0 spiro atoms. The third-order valence-electron chi connectivity index (χ3n) is 7.35. The maximum absolute atomic E-state index is 13.6. The average molecular weight is 594 g/mol. The molecule has 3 aromatic carbocycles. The van der Waals surface area contributed by atoms with E-state index in [1.54, 1.807) is 36.1 Å². The molecule has 0 saturated carbocycles. The maximum Gasteiger partial charge on any atom is 0.416 e. The average Bonchev–Trinajstić information content (AvgIpc) is 3.00. The summed E-state index contributed by atoms with van der Waals surface area (Å²) in [5.74, 6) is -1.72. The first-order valence-corrected chi connectivity index (χ1v) is 14.1. The minimum absolute atomic E-state index is 0.171. The van der Waals surface area contributed by atoms with Crippen LogP contribution in [0.1, 0.15) is 78.2 Å². The van der Waals surface area contributed by atoms with E-state index in [0.29, 0.717) is 16.8 Å². The van der Waals surface area contributed by atoms with Gasteiger partial charge in [0.2, 0.25) is 0 Å². The molecule has 0 aromatic heterocycles. The van der Waals surface area contributed by atoms with Gasteiger partial charge in [0.05, 0.1) is 18.2 Å². The van der Waals surface area contributed by atoms with Gasteiger partial charge in [0.15, 0.2) is 0 Å². The van der Waals surface area contributed by atoms with Crippen LogP contribution in [0.3, 0.4) is 0 Å². The summed E-state index contributed by atoms with van der Waals surface area (Å²) in [5, 5.41) is 8.76. The minimum atomic E-state index is -4.44. The topological polar surface area (TPSA) is 125 Å². The molecule has 3 amide bonds. The zero-order chi connectivity index (χ0) is 31.2. The molecule has 226 valence electrons. The summed E-state index contributed by atoms with van der Waals surface area (Å²) in [6.45, 7) is 3.39. The second-order valence-electron chi connectivity index (χ2n) is 10.9. The van der Waals surface area contributed by atoms with Crippen LogP contribution in [-0.2, 0) is 12.7 Å². The molecular formula is C32H36F3N6O2+. The van der Waals surface area contributed by atoms with Crippen LogP contribution >= 0.6 is 0 Å². The lowest BCUT2D eigenvalue weighted by Crippen LogP contribution is -2.77. The Morgan fingerprint density at radius 2 is 1.65 bits per heavy atom. The van der Waals surface area contributed by atoms with E-state index in [4.69, 9.17) is 5.53 Å². The van der Waals surface area contributed by atoms with E-state index in [1.807, 2.05) is 24.3 Å². The van der Waals surface area contributed by atoms with Gasteiger partial charge in [-0.05, 0) is 91.3 Å². The Labute approximate surface area is 248 Å². The van der Waals surface area contributed by atoms with Gasteiger partial charge in [-0.1, -0.05) is 42.5 Å². The number of carbonyl (C=O) groups excluding carboxylic acids is 2. The second-order valence-corrected chi connectivity index (χ2v) is 10.9. The summed E-state index contributed by atoms with van der Waals surface area (Å²) in [5.41, 5.74) is 14.7. The smallest absolute Gasteiger partial charge is 0.331 e. The fourth-order valence-corrected chi connectivity index (χ4v) is 4.83. The molecule has 0 bridgehead atoms. The SMILES string of the molecule is CC(NC(=O)N(Cc1ccc(C(=O)NC(C)([NH3+])N=N)cc1)c1ccc(C2=CCCCC2)cc1)c1ccc(C(F)(F)F)cc1. The maximum atomic E-state index is 13.6. The van der Waals surface area contributed by atoms with Crippen molar-refractivity contribution in [2.45, 2.75) is 64.1 Å². The highest BCUT2D eigenvalue weighted by Crippen LogP contribution is 2.31. The molecular weight excluding hydrogens is 557 g/mol. The summed E-state index contributed by atoms with van der Waals surface area (Å²) in [6, 6.07) is 18.2. The van der Waals surface area contributed by atoms with Crippen LogP contribution in [0.2, 0.25) is 0 Å². The number of allylic oxidation sites excluding steroid dienone is 2. The molecule has 8 nitrogen and oxygen atoms in total. The lowest BCUT2D eigenvalue weighted by atomic mass is 9.93. The normalized spacial score (nSPS) is 15.4. The molecule has 43 heavy (non-hydrogen) atoms. The summed E-state index contributed by atoms with van der Waals surface area (Å²) in [7, 11) is 0. The van der Waals surface area contributed by atoms with E-state index < -0.39 is 35.5 Å². The number of rotatable bonds is 9. The monoisotopic (exact) mass is 593 g/mol. The Morgan fingerprint density at radius 3 is 2.21 bits per heavy atom. The van der Waals surface area contributed by atoms with Gasteiger partial charge in [0.1, 0.15) is 0 Å². The third kappa shape index (κ3) is 8.29. The Morgan fingerprint density at radius 1 is 1.00 bits per heavy atom. The van der Waals surface area contributed by atoms with Crippen molar-refractivity contribution in [1.82, 2.24) is 10.6 Å². The van der Waals surface area contributed by atoms with Crippen molar-refractivity contribution in [3.05, 3.63) is 107 Å². The number of quaternary nitrogens is 1. The standard InChI is InChI=1S/C32H35F3N6O2/c1-21(23-12-16-27(17-13-23)32(33,34)35)38-30(43)41(28-18-14-25(15-19-28)24-6-4-3-5-7-24)20-22-8-10-26(11-9-22)29(42)39-31(2,36)40-37/h6,8-19,21,37H,3-5,7,20,36H2,1-2H3,(H,38,43)(H,39,42)/p+1. The van der Waals surface area contributed by atoms with E-state index >= 15 is 0 Å². The Kier molecular flexibility index (Phi) is 9.65. The van der Waals surface area contributed by atoms with Gasteiger partial charge in [-0.15, -0.1) is 5.11 Å². The summed E-state index contributed by atoms with van der Waals surface area (Å²) in [4.78, 5) is 27.7. The predicted molar refractivity (Wildman–Crippen MR) is 158 cm³/mol. The molecule has 11 heteroatoms. The number of benzene rings is 3. The van der Waals surface area contributed by atoms with E-state index in [9.17, 15) is 22.8 Å². The zero-order valence-electron chi connectivity index (χ0n) is 24.2.